The number of carbonyl (C=O) groups excluding carboxylic acids is 2. The number of carbonyl (C=O) groups is 2. The minimum absolute atomic E-state index is 0.0651. The fourth-order valence-corrected chi connectivity index (χ4v) is 9.69. The standard InChI is InChI=1S/C30H49N3O3/c1-19(5-10-27(35)33-16-13-21(18-33)32-28(36)31-4)24-8-9-25-23-7-6-20-17-22(34)11-14-29(20,2)26(23)12-15-30(24,25)3/h6,19,21-26,34H,5,7-18H2,1-4H3,(H2,31,32,36)/t19?,21-,22-,23-,24+,25-,26-,29-,30+/m0/s1. The topological polar surface area (TPSA) is 81.7 Å². The number of rotatable bonds is 5. The molecule has 5 aliphatic rings. The lowest BCUT2D eigenvalue weighted by atomic mass is 9.47. The van der Waals surface area contributed by atoms with E-state index >= 15 is 0 Å². The molecule has 1 saturated heterocycles. The first-order valence-electron chi connectivity index (χ1n) is 14.8. The monoisotopic (exact) mass is 499 g/mol. The fraction of sp³-hybridized carbons (Fsp3) is 0.867. The third-order valence-corrected chi connectivity index (χ3v) is 11.8. The number of likely N-dealkylation sites (tertiary alicyclic amines) is 1. The van der Waals surface area contributed by atoms with Crippen LogP contribution in [0, 0.1) is 40.4 Å². The largest absolute Gasteiger partial charge is 0.393 e. The van der Waals surface area contributed by atoms with Gasteiger partial charge < -0.3 is 20.6 Å². The van der Waals surface area contributed by atoms with Gasteiger partial charge >= 0.3 is 6.03 Å². The molecular weight excluding hydrogens is 450 g/mol. The van der Waals surface area contributed by atoms with Crippen molar-refractivity contribution < 1.29 is 14.7 Å². The first-order valence-corrected chi connectivity index (χ1v) is 14.8. The molecule has 202 valence electrons. The molecule has 0 aromatic rings. The lowest BCUT2D eigenvalue weighted by Crippen LogP contribution is -2.50. The Labute approximate surface area is 218 Å². The van der Waals surface area contributed by atoms with E-state index in [0.29, 0.717) is 35.6 Å². The summed E-state index contributed by atoms with van der Waals surface area (Å²) in [6, 6.07) is -0.100. The minimum Gasteiger partial charge on any atom is -0.393 e. The summed E-state index contributed by atoms with van der Waals surface area (Å²) in [6.07, 6.45) is 14.4. The van der Waals surface area contributed by atoms with Crippen molar-refractivity contribution in [2.45, 2.75) is 104 Å². The summed E-state index contributed by atoms with van der Waals surface area (Å²) >= 11 is 0. The first-order chi connectivity index (χ1) is 17.2. The van der Waals surface area contributed by atoms with Crippen LogP contribution in [0.25, 0.3) is 0 Å². The van der Waals surface area contributed by atoms with Crippen LogP contribution < -0.4 is 10.6 Å². The van der Waals surface area contributed by atoms with Crippen LogP contribution in [0.5, 0.6) is 0 Å². The van der Waals surface area contributed by atoms with Crippen molar-refractivity contribution in [3.63, 3.8) is 0 Å². The minimum atomic E-state index is -0.165. The quantitative estimate of drug-likeness (QED) is 0.472. The molecule has 6 heteroatoms. The molecular formula is C30H49N3O3. The summed E-state index contributed by atoms with van der Waals surface area (Å²) in [5.74, 6) is 3.91. The van der Waals surface area contributed by atoms with Crippen molar-refractivity contribution in [2.75, 3.05) is 20.1 Å². The number of hydrogen-bond acceptors (Lipinski definition) is 3. The Morgan fingerprint density at radius 2 is 1.94 bits per heavy atom. The smallest absolute Gasteiger partial charge is 0.314 e. The predicted molar refractivity (Wildman–Crippen MR) is 142 cm³/mol. The number of urea groups is 1. The van der Waals surface area contributed by atoms with E-state index in [0.717, 1.165) is 56.4 Å². The van der Waals surface area contributed by atoms with E-state index in [1.54, 1.807) is 12.6 Å². The lowest BCUT2D eigenvalue weighted by molar-refractivity contribution is -0.130. The summed E-state index contributed by atoms with van der Waals surface area (Å²) in [6.45, 7) is 8.89. The Bertz CT molecular complexity index is 889. The van der Waals surface area contributed by atoms with Gasteiger partial charge in [0.1, 0.15) is 0 Å². The number of nitrogens with one attached hydrogen (secondary N) is 2. The Balaban J connectivity index is 1.18. The summed E-state index contributed by atoms with van der Waals surface area (Å²) in [4.78, 5) is 26.5. The molecule has 3 saturated carbocycles. The second kappa shape index (κ2) is 9.96. The van der Waals surface area contributed by atoms with Crippen LogP contribution in [-0.4, -0.2) is 54.2 Å². The van der Waals surface area contributed by atoms with Gasteiger partial charge in [-0.05, 0) is 105 Å². The van der Waals surface area contributed by atoms with Crippen LogP contribution in [0.3, 0.4) is 0 Å². The summed E-state index contributed by atoms with van der Waals surface area (Å²) in [7, 11) is 1.62. The second-order valence-electron chi connectivity index (χ2n) is 13.4. The molecule has 5 rings (SSSR count). The molecule has 1 aliphatic heterocycles. The van der Waals surface area contributed by atoms with E-state index in [2.05, 4.69) is 37.5 Å². The lowest BCUT2D eigenvalue weighted by Gasteiger charge is -2.58. The van der Waals surface area contributed by atoms with E-state index in [-0.39, 0.29) is 24.1 Å². The van der Waals surface area contributed by atoms with Gasteiger partial charge in [-0.25, -0.2) is 4.79 Å². The van der Waals surface area contributed by atoms with Crippen molar-refractivity contribution in [1.29, 1.82) is 0 Å². The number of nitrogens with zero attached hydrogens (tertiary/aromatic N) is 1. The number of aliphatic hydroxyl groups excluding tert-OH is 1. The maximum absolute atomic E-state index is 13.0. The Morgan fingerprint density at radius 1 is 1.14 bits per heavy atom. The Hall–Kier alpha value is -1.56. The normalized spacial score (nSPS) is 42.6. The SMILES string of the molecule is CNC(=O)N[C@H]1CCN(C(=O)CCC(C)[C@H]2CC[C@H]3[C@@H]4CC=C5C[C@@H](O)CC[C@]5(C)[C@H]4CC[C@]23C)C1. The first kappa shape index (κ1) is 26.1. The van der Waals surface area contributed by atoms with Gasteiger partial charge in [0.2, 0.25) is 5.91 Å². The molecule has 0 aromatic heterocycles. The zero-order chi connectivity index (χ0) is 25.7. The van der Waals surface area contributed by atoms with E-state index < -0.39 is 0 Å². The van der Waals surface area contributed by atoms with Gasteiger partial charge in [-0.2, -0.15) is 0 Å². The van der Waals surface area contributed by atoms with Gasteiger partial charge in [0.05, 0.1) is 6.10 Å². The highest BCUT2D eigenvalue weighted by Gasteiger charge is 2.59. The zero-order valence-corrected chi connectivity index (χ0v) is 23.0. The van der Waals surface area contributed by atoms with Crippen LogP contribution >= 0.6 is 0 Å². The van der Waals surface area contributed by atoms with Gasteiger partial charge in [0.25, 0.3) is 0 Å². The molecule has 0 spiro atoms. The molecule has 4 aliphatic carbocycles. The number of fused-ring (bicyclic) bond motifs is 5. The zero-order valence-electron chi connectivity index (χ0n) is 23.0. The highest BCUT2D eigenvalue weighted by atomic mass is 16.3. The van der Waals surface area contributed by atoms with Crippen molar-refractivity contribution in [2.24, 2.45) is 40.4 Å². The molecule has 6 nitrogen and oxygen atoms in total. The van der Waals surface area contributed by atoms with Gasteiger partial charge in [-0.15, -0.1) is 0 Å². The molecule has 3 amide bonds. The van der Waals surface area contributed by atoms with Crippen LogP contribution in [0.2, 0.25) is 0 Å². The molecule has 1 unspecified atom stereocenters. The fourth-order valence-electron chi connectivity index (χ4n) is 9.69. The van der Waals surface area contributed by atoms with Crippen molar-refractivity contribution in [3.05, 3.63) is 11.6 Å². The van der Waals surface area contributed by atoms with Gasteiger partial charge in [-0.3, -0.25) is 4.79 Å². The number of hydrogen-bond donors (Lipinski definition) is 3. The van der Waals surface area contributed by atoms with Crippen molar-refractivity contribution in [1.82, 2.24) is 15.5 Å². The molecule has 3 N–H and O–H groups in total. The molecule has 0 aromatic carbocycles. The average molecular weight is 500 g/mol. The third kappa shape index (κ3) is 4.50. The van der Waals surface area contributed by atoms with Gasteiger partial charge in [0.15, 0.2) is 0 Å². The molecule has 0 bridgehead atoms. The summed E-state index contributed by atoms with van der Waals surface area (Å²) < 4.78 is 0. The number of amides is 3. The average Bonchev–Trinajstić information content (AvgIpc) is 3.46. The number of allylic oxidation sites excluding steroid dienone is 1. The maximum atomic E-state index is 13.0. The molecule has 0 radical (unpaired) electrons. The van der Waals surface area contributed by atoms with Crippen LogP contribution in [-0.2, 0) is 4.79 Å². The summed E-state index contributed by atoms with van der Waals surface area (Å²) in [5, 5.41) is 15.8. The van der Waals surface area contributed by atoms with Crippen LogP contribution in [0.4, 0.5) is 4.79 Å². The maximum Gasteiger partial charge on any atom is 0.314 e. The second-order valence-corrected chi connectivity index (χ2v) is 13.4. The molecule has 36 heavy (non-hydrogen) atoms. The van der Waals surface area contributed by atoms with Crippen LogP contribution in [0.15, 0.2) is 11.6 Å². The highest BCUT2D eigenvalue weighted by molar-refractivity contribution is 5.77. The van der Waals surface area contributed by atoms with Gasteiger partial charge in [0, 0.05) is 32.6 Å². The van der Waals surface area contributed by atoms with E-state index in [1.165, 1.54) is 32.1 Å². The van der Waals surface area contributed by atoms with Gasteiger partial charge in [-0.1, -0.05) is 32.4 Å². The molecule has 4 fully saturated rings. The molecule has 1 heterocycles. The van der Waals surface area contributed by atoms with E-state index in [1.807, 2.05) is 4.90 Å². The van der Waals surface area contributed by atoms with Crippen molar-refractivity contribution >= 4 is 11.9 Å². The molecule has 9 atom stereocenters. The Morgan fingerprint density at radius 3 is 2.72 bits per heavy atom. The third-order valence-electron chi connectivity index (χ3n) is 11.8. The number of aliphatic hydroxyl groups is 1. The summed E-state index contributed by atoms with van der Waals surface area (Å²) in [5.41, 5.74) is 2.26. The van der Waals surface area contributed by atoms with Crippen LogP contribution in [0.1, 0.15) is 91.4 Å². The van der Waals surface area contributed by atoms with E-state index in [9.17, 15) is 14.7 Å². The van der Waals surface area contributed by atoms with Crippen molar-refractivity contribution in [3.8, 4) is 0 Å². The highest BCUT2D eigenvalue weighted by Crippen LogP contribution is 2.67. The Kier molecular flexibility index (Phi) is 7.21. The van der Waals surface area contributed by atoms with E-state index in [4.69, 9.17) is 0 Å². The predicted octanol–water partition coefficient (Wildman–Crippen LogP) is 4.87.